The molecule has 1 heterocycles. The molecule has 1 saturated heterocycles. The molecule has 0 radical (unpaired) electrons. The van der Waals surface area contributed by atoms with Gasteiger partial charge in [0.25, 0.3) is 17.7 Å². The molecular formula is C26H29FN4O5. The van der Waals surface area contributed by atoms with Crippen molar-refractivity contribution in [2.45, 2.75) is 25.6 Å². The fourth-order valence-electron chi connectivity index (χ4n) is 3.82. The zero-order valence-electron chi connectivity index (χ0n) is 20.4. The largest absolute Gasteiger partial charge is 0.376 e. The lowest BCUT2D eigenvalue weighted by Crippen LogP contribution is -2.54. The molecule has 0 aliphatic carbocycles. The quantitative estimate of drug-likeness (QED) is 0.219. The van der Waals surface area contributed by atoms with E-state index >= 15 is 0 Å². The minimum absolute atomic E-state index is 0.218. The maximum atomic E-state index is 14.5. The van der Waals surface area contributed by atoms with Crippen molar-refractivity contribution < 1.29 is 28.7 Å². The van der Waals surface area contributed by atoms with Crippen molar-refractivity contribution in [3.8, 4) is 11.8 Å². The molecule has 1 fully saturated rings. The number of halogens is 1. The number of benzene rings is 2. The highest BCUT2D eigenvalue weighted by Gasteiger charge is 2.33. The molecule has 10 heteroatoms. The first-order chi connectivity index (χ1) is 17.3. The predicted molar refractivity (Wildman–Crippen MR) is 129 cm³/mol. The number of nitrogens with one attached hydrogen (secondary N) is 2. The summed E-state index contributed by atoms with van der Waals surface area (Å²) in [5.74, 6) is 3.15. The van der Waals surface area contributed by atoms with Gasteiger partial charge < -0.3 is 15.0 Å². The van der Waals surface area contributed by atoms with Crippen LogP contribution in [-0.2, 0) is 20.9 Å². The summed E-state index contributed by atoms with van der Waals surface area (Å²) in [4.78, 5) is 39.6. The van der Waals surface area contributed by atoms with E-state index < -0.39 is 23.8 Å². The van der Waals surface area contributed by atoms with Gasteiger partial charge in [-0.25, -0.2) is 9.87 Å². The number of likely N-dealkylation sites (N-methyl/N-ethyl adjacent to an activating group) is 2. The number of rotatable bonds is 8. The minimum atomic E-state index is -1.54. The van der Waals surface area contributed by atoms with Crippen LogP contribution in [0.15, 0.2) is 42.5 Å². The van der Waals surface area contributed by atoms with E-state index in [9.17, 15) is 18.8 Å². The van der Waals surface area contributed by atoms with Crippen LogP contribution in [0.4, 0.5) is 4.39 Å². The number of likely N-dealkylation sites (tertiary alicyclic amines) is 1. The van der Waals surface area contributed by atoms with Crippen LogP contribution in [0.2, 0.25) is 0 Å². The number of carbonyl (C=O) groups excluding carboxylic acids is 3. The number of nitrogens with zero attached hydrogens (tertiary/aromatic N) is 2. The number of hydroxylamine groups is 1. The van der Waals surface area contributed by atoms with Gasteiger partial charge in [-0.3, -0.25) is 24.5 Å². The van der Waals surface area contributed by atoms with E-state index in [1.807, 2.05) is 6.92 Å². The first kappa shape index (κ1) is 26.8. The highest BCUT2D eigenvalue weighted by Crippen LogP contribution is 2.18. The van der Waals surface area contributed by atoms with Crippen molar-refractivity contribution >= 4 is 17.7 Å². The van der Waals surface area contributed by atoms with Crippen molar-refractivity contribution in [1.29, 1.82) is 0 Å². The van der Waals surface area contributed by atoms with Crippen LogP contribution in [0, 0.1) is 17.7 Å². The van der Waals surface area contributed by atoms with E-state index in [4.69, 9.17) is 9.94 Å². The molecule has 0 aromatic heterocycles. The molecule has 1 atom stereocenters. The second-order valence-electron chi connectivity index (χ2n) is 8.31. The van der Waals surface area contributed by atoms with Crippen LogP contribution in [0.3, 0.4) is 0 Å². The predicted octanol–water partition coefficient (Wildman–Crippen LogP) is 1.14. The summed E-state index contributed by atoms with van der Waals surface area (Å²) in [7, 11) is 2.60. The Bertz CT molecular complexity index is 1150. The first-order valence-electron chi connectivity index (χ1n) is 11.4. The van der Waals surface area contributed by atoms with Crippen molar-refractivity contribution in [2.75, 3.05) is 33.8 Å². The zero-order chi connectivity index (χ0) is 26.2. The van der Waals surface area contributed by atoms with E-state index in [1.54, 1.807) is 24.3 Å². The average molecular weight is 497 g/mol. The van der Waals surface area contributed by atoms with Crippen molar-refractivity contribution in [1.82, 2.24) is 20.6 Å². The number of ether oxygens (including phenoxy) is 1. The molecule has 3 amide bonds. The fourth-order valence-corrected chi connectivity index (χ4v) is 3.82. The molecule has 1 aliphatic heterocycles. The Labute approximate surface area is 209 Å². The van der Waals surface area contributed by atoms with Gasteiger partial charge >= 0.3 is 0 Å². The molecule has 2 aromatic rings. The van der Waals surface area contributed by atoms with Gasteiger partial charge in [0, 0.05) is 62.6 Å². The number of hydrogen-bond donors (Lipinski definition) is 3. The molecule has 1 aliphatic rings. The topological polar surface area (TPSA) is 111 Å². The van der Waals surface area contributed by atoms with Crippen LogP contribution in [0.5, 0.6) is 0 Å². The van der Waals surface area contributed by atoms with Gasteiger partial charge in [-0.05, 0) is 43.3 Å². The number of carbonyl (C=O) groups is 3. The summed E-state index contributed by atoms with van der Waals surface area (Å²) in [5, 5.41) is 11.2. The lowest BCUT2D eigenvalue weighted by atomic mass is 10.1. The van der Waals surface area contributed by atoms with Crippen LogP contribution in [-0.4, -0.2) is 78.7 Å². The molecule has 190 valence electrons. The maximum Gasteiger partial charge on any atom is 0.275 e. The van der Waals surface area contributed by atoms with Crippen LogP contribution in [0.1, 0.15) is 34.0 Å². The monoisotopic (exact) mass is 496 g/mol. The Hall–Kier alpha value is -3.78. The second-order valence-corrected chi connectivity index (χ2v) is 8.31. The van der Waals surface area contributed by atoms with Gasteiger partial charge in [0.15, 0.2) is 6.04 Å². The standard InChI is InChI=1S/C26H29FN4O5/c1-4-36-21-15-31(16-21)14-20-12-9-18(13-22(20)27)6-5-17-7-10-19(11-8-17)26(34)30(3)23(24(32)28-2)25(33)29-35/h7-13,21,23,35H,4,14-16H2,1-3H3,(H,28,32)(H,29,33). The molecular weight excluding hydrogens is 467 g/mol. The van der Waals surface area contributed by atoms with Crippen LogP contribution < -0.4 is 10.8 Å². The van der Waals surface area contributed by atoms with E-state index in [2.05, 4.69) is 22.1 Å². The van der Waals surface area contributed by atoms with Crippen molar-refractivity contribution in [2.24, 2.45) is 0 Å². The molecule has 0 spiro atoms. The summed E-state index contributed by atoms with van der Waals surface area (Å²) < 4.78 is 20.1. The van der Waals surface area contributed by atoms with E-state index in [0.717, 1.165) is 18.0 Å². The summed E-state index contributed by atoms with van der Waals surface area (Å²) in [6.45, 7) is 4.75. The molecule has 3 rings (SSSR count). The minimum Gasteiger partial charge on any atom is -0.376 e. The van der Waals surface area contributed by atoms with E-state index in [-0.39, 0.29) is 17.5 Å². The molecule has 0 saturated carbocycles. The Morgan fingerprint density at radius 2 is 1.78 bits per heavy atom. The maximum absolute atomic E-state index is 14.5. The fraction of sp³-hybridized carbons (Fsp3) is 0.346. The normalized spacial score (nSPS) is 14.1. The highest BCUT2D eigenvalue weighted by molar-refractivity contribution is 6.08. The first-order valence-corrected chi connectivity index (χ1v) is 11.4. The summed E-state index contributed by atoms with van der Waals surface area (Å²) in [6, 6.07) is 9.59. The van der Waals surface area contributed by atoms with Gasteiger partial charge in [-0.15, -0.1) is 0 Å². The molecule has 1 unspecified atom stereocenters. The SMILES string of the molecule is CCOC1CN(Cc2ccc(C#Cc3ccc(C(=O)N(C)C(C(=O)NC)C(=O)NO)cc3)cc2F)C1. The Kier molecular flexibility index (Phi) is 9.13. The van der Waals surface area contributed by atoms with Crippen molar-refractivity contribution in [3.05, 3.63) is 70.5 Å². The summed E-state index contributed by atoms with van der Waals surface area (Å²) in [5.41, 5.74) is 3.33. The van der Waals surface area contributed by atoms with Gasteiger partial charge in [0.05, 0.1) is 6.10 Å². The zero-order valence-corrected chi connectivity index (χ0v) is 20.4. The lowest BCUT2D eigenvalue weighted by Gasteiger charge is -2.38. The van der Waals surface area contributed by atoms with Gasteiger partial charge in [-0.1, -0.05) is 17.9 Å². The van der Waals surface area contributed by atoms with Crippen LogP contribution >= 0.6 is 0 Å². The van der Waals surface area contributed by atoms with Crippen LogP contribution in [0.25, 0.3) is 0 Å². The molecule has 0 bridgehead atoms. The average Bonchev–Trinajstić information content (AvgIpc) is 2.86. The van der Waals surface area contributed by atoms with Gasteiger partial charge in [0.2, 0.25) is 0 Å². The highest BCUT2D eigenvalue weighted by atomic mass is 19.1. The summed E-state index contributed by atoms with van der Waals surface area (Å²) >= 11 is 0. The third kappa shape index (κ3) is 6.46. The van der Waals surface area contributed by atoms with Gasteiger partial charge in [0.1, 0.15) is 5.82 Å². The van der Waals surface area contributed by atoms with E-state index in [1.165, 1.54) is 37.8 Å². The molecule has 9 nitrogen and oxygen atoms in total. The smallest absolute Gasteiger partial charge is 0.275 e. The molecule has 2 aromatic carbocycles. The van der Waals surface area contributed by atoms with Gasteiger partial charge in [-0.2, -0.15) is 0 Å². The Balaban J connectivity index is 1.64. The van der Waals surface area contributed by atoms with E-state index in [0.29, 0.717) is 29.8 Å². The summed E-state index contributed by atoms with van der Waals surface area (Å²) in [6.07, 6.45) is 0.225. The molecule has 3 N–H and O–H groups in total. The van der Waals surface area contributed by atoms with Crippen molar-refractivity contribution in [3.63, 3.8) is 0 Å². The number of amides is 3. The molecule has 36 heavy (non-hydrogen) atoms. The third-order valence-corrected chi connectivity index (χ3v) is 5.82. The lowest BCUT2D eigenvalue weighted by molar-refractivity contribution is -0.140. The third-order valence-electron chi connectivity index (χ3n) is 5.82. The Morgan fingerprint density at radius 3 is 2.36 bits per heavy atom. The second kappa shape index (κ2) is 12.3. The number of hydrogen-bond acceptors (Lipinski definition) is 6. The Morgan fingerprint density at radius 1 is 1.14 bits per heavy atom.